The third-order valence-corrected chi connectivity index (χ3v) is 7.06. The van der Waals surface area contributed by atoms with Crippen LogP contribution in [0.5, 0.6) is 5.75 Å². The van der Waals surface area contributed by atoms with Crippen molar-refractivity contribution in [1.82, 2.24) is 4.90 Å². The number of rotatable bonds is 8. The van der Waals surface area contributed by atoms with Crippen LogP contribution in [0.4, 0.5) is 16.2 Å². The van der Waals surface area contributed by atoms with Crippen LogP contribution in [0.2, 0.25) is 0 Å². The summed E-state index contributed by atoms with van der Waals surface area (Å²) in [7, 11) is -4.39. The zero-order valence-electron chi connectivity index (χ0n) is 18.8. The second-order valence-corrected chi connectivity index (χ2v) is 10.1. The Hall–Kier alpha value is -4.49. The smallest absolute Gasteiger partial charge is 0.339 e. The molecule has 3 aromatic rings. The summed E-state index contributed by atoms with van der Waals surface area (Å²) in [5.41, 5.74) is 0.462. The van der Waals surface area contributed by atoms with Crippen molar-refractivity contribution in [1.29, 1.82) is 0 Å². The normalized spacial score (nSPS) is 14.6. The second kappa shape index (κ2) is 10.6. The summed E-state index contributed by atoms with van der Waals surface area (Å²) < 4.78 is 30.3. The van der Waals surface area contributed by atoms with E-state index in [1.807, 2.05) is 0 Å². The standard InChI is InChI=1S/C24H17N3O8S2/c28-22(25-17-7-2-1-3-8-17)15-26-23(29)21(36-24(26)30)13-16-6-4-10-19(12-16)35-37(33,34)20-11-5-9-18(14-20)27(31)32/h1-14H,15H2,(H,25,28)/b21-13-. The van der Waals surface area contributed by atoms with E-state index in [2.05, 4.69) is 5.32 Å². The highest BCUT2D eigenvalue weighted by molar-refractivity contribution is 8.18. The maximum Gasteiger partial charge on any atom is 0.339 e. The molecule has 0 radical (unpaired) electrons. The Balaban J connectivity index is 1.47. The van der Waals surface area contributed by atoms with Gasteiger partial charge in [-0.1, -0.05) is 36.4 Å². The average Bonchev–Trinajstić information content (AvgIpc) is 3.12. The van der Waals surface area contributed by atoms with E-state index < -0.39 is 49.2 Å². The number of benzene rings is 3. The number of anilines is 1. The van der Waals surface area contributed by atoms with Gasteiger partial charge < -0.3 is 9.50 Å². The minimum Gasteiger partial charge on any atom is -0.379 e. The van der Waals surface area contributed by atoms with Gasteiger partial charge >= 0.3 is 10.1 Å². The molecule has 1 saturated heterocycles. The molecule has 0 aromatic heterocycles. The third kappa shape index (κ3) is 6.20. The summed E-state index contributed by atoms with van der Waals surface area (Å²) >= 11 is 0.641. The molecule has 3 aromatic carbocycles. The monoisotopic (exact) mass is 539 g/mol. The molecule has 11 nitrogen and oxygen atoms in total. The number of nitrogens with zero attached hydrogens (tertiary/aromatic N) is 2. The predicted molar refractivity (Wildman–Crippen MR) is 135 cm³/mol. The van der Waals surface area contributed by atoms with E-state index in [-0.39, 0.29) is 10.7 Å². The molecule has 37 heavy (non-hydrogen) atoms. The van der Waals surface area contributed by atoms with Crippen molar-refractivity contribution in [3.63, 3.8) is 0 Å². The van der Waals surface area contributed by atoms with Gasteiger partial charge in [-0.25, -0.2) is 0 Å². The van der Waals surface area contributed by atoms with Crippen molar-refractivity contribution in [2.75, 3.05) is 11.9 Å². The zero-order chi connectivity index (χ0) is 26.6. The number of para-hydroxylation sites is 1. The third-order valence-electron chi connectivity index (χ3n) is 4.91. The molecule has 188 valence electrons. The Morgan fingerprint density at radius 3 is 2.49 bits per heavy atom. The molecule has 1 heterocycles. The van der Waals surface area contributed by atoms with Gasteiger partial charge in [0.05, 0.1) is 9.83 Å². The van der Waals surface area contributed by atoms with Gasteiger partial charge in [0.1, 0.15) is 17.2 Å². The van der Waals surface area contributed by atoms with E-state index in [4.69, 9.17) is 4.18 Å². The Morgan fingerprint density at radius 1 is 1.03 bits per heavy atom. The SMILES string of the molecule is O=C(CN1C(=O)S/C(=C\c2cccc(OS(=O)(=O)c3cccc([N+](=O)[O-])c3)c2)C1=O)Nc1ccccc1. The lowest BCUT2D eigenvalue weighted by Crippen LogP contribution is -2.36. The van der Waals surface area contributed by atoms with Crippen LogP contribution in [0.15, 0.2) is 88.7 Å². The number of carbonyl (C=O) groups excluding carboxylic acids is 3. The predicted octanol–water partition coefficient (Wildman–Crippen LogP) is 4.04. The van der Waals surface area contributed by atoms with Gasteiger partial charge in [-0.15, -0.1) is 0 Å². The number of amides is 3. The van der Waals surface area contributed by atoms with Gasteiger partial charge in [0.2, 0.25) is 5.91 Å². The number of carbonyl (C=O) groups is 3. The van der Waals surface area contributed by atoms with Crippen molar-refractivity contribution in [3.8, 4) is 5.75 Å². The van der Waals surface area contributed by atoms with E-state index in [0.29, 0.717) is 23.0 Å². The van der Waals surface area contributed by atoms with Crippen LogP contribution in [0.25, 0.3) is 6.08 Å². The van der Waals surface area contributed by atoms with Crippen LogP contribution in [0.3, 0.4) is 0 Å². The molecular weight excluding hydrogens is 522 g/mol. The van der Waals surface area contributed by atoms with Crippen LogP contribution in [-0.2, 0) is 19.7 Å². The van der Waals surface area contributed by atoms with Crippen LogP contribution < -0.4 is 9.50 Å². The number of nitro benzene ring substituents is 1. The lowest BCUT2D eigenvalue weighted by Gasteiger charge is -2.12. The van der Waals surface area contributed by atoms with Gasteiger partial charge in [-0.3, -0.25) is 29.4 Å². The molecule has 0 saturated carbocycles. The molecule has 0 bridgehead atoms. The average molecular weight is 540 g/mol. The van der Waals surface area contributed by atoms with Gasteiger partial charge in [0.15, 0.2) is 0 Å². The Labute approximate surface area is 215 Å². The number of non-ortho nitro benzene ring substituents is 1. The van der Waals surface area contributed by atoms with E-state index in [0.717, 1.165) is 23.1 Å². The highest BCUT2D eigenvalue weighted by atomic mass is 32.2. The summed E-state index contributed by atoms with van der Waals surface area (Å²) in [6.45, 7) is -0.471. The summed E-state index contributed by atoms with van der Waals surface area (Å²) in [4.78, 5) is 48.1. The van der Waals surface area contributed by atoms with Gasteiger partial charge in [0, 0.05) is 17.8 Å². The van der Waals surface area contributed by atoms with Crippen molar-refractivity contribution in [3.05, 3.63) is 99.4 Å². The largest absolute Gasteiger partial charge is 0.379 e. The summed E-state index contributed by atoms with van der Waals surface area (Å²) in [5.74, 6) is -1.33. The zero-order valence-corrected chi connectivity index (χ0v) is 20.4. The minimum absolute atomic E-state index is 0.0382. The van der Waals surface area contributed by atoms with Crippen LogP contribution in [0, 0.1) is 10.1 Å². The molecule has 0 atom stereocenters. The molecule has 0 aliphatic carbocycles. The van der Waals surface area contributed by atoms with Gasteiger partial charge in [0.25, 0.3) is 16.8 Å². The first-order chi connectivity index (χ1) is 17.6. The fraction of sp³-hybridized carbons (Fsp3) is 0.0417. The number of hydrogen-bond donors (Lipinski definition) is 1. The lowest BCUT2D eigenvalue weighted by molar-refractivity contribution is -0.385. The van der Waals surface area contributed by atoms with E-state index in [1.54, 1.807) is 36.4 Å². The number of thioether (sulfide) groups is 1. The van der Waals surface area contributed by atoms with Crippen LogP contribution in [0.1, 0.15) is 5.56 Å². The first-order valence-electron chi connectivity index (χ1n) is 10.5. The van der Waals surface area contributed by atoms with Gasteiger partial charge in [-0.2, -0.15) is 8.42 Å². The van der Waals surface area contributed by atoms with E-state index >= 15 is 0 Å². The maximum absolute atomic E-state index is 12.7. The molecule has 1 N–H and O–H groups in total. The van der Waals surface area contributed by atoms with E-state index in [1.165, 1.54) is 30.3 Å². The van der Waals surface area contributed by atoms with Crippen LogP contribution >= 0.6 is 11.8 Å². The summed E-state index contributed by atoms with van der Waals surface area (Å²) in [5, 5.41) is 12.9. The molecule has 4 rings (SSSR count). The van der Waals surface area contributed by atoms with Crippen molar-refractivity contribution >= 4 is 56.4 Å². The van der Waals surface area contributed by atoms with Crippen molar-refractivity contribution < 1.29 is 31.9 Å². The minimum atomic E-state index is -4.39. The first kappa shape index (κ1) is 25.6. The van der Waals surface area contributed by atoms with Crippen LogP contribution in [-0.4, -0.2) is 41.8 Å². The molecular formula is C24H17N3O8S2. The molecule has 13 heteroatoms. The van der Waals surface area contributed by atoms with Crippen molar-refractivity contribution in [2.24, 2.45) is 0 Å². The highest BCUT2D eigenvalue weighted by Gasteiger charge is 2.36. The quantitative estimate of drug-likeness (QED) is 0.193. The summed E-state index contributed by atoms with van der Waals surface area (Å²) in [6.07, 6.45) is 1.37. The fourth-order valence-electron chi connectivity index (χ4n) is 3.24. The molecule has 1 aliphatic heterocycles. The molecule has 1 aliphatic rings. The fourth-order valence-corrected chi connectivity index (χ4v) is 5.04. The van der Waals surface area contributed by atoms with E-state index in [9.17, 15) is 32.9 Å². The van der Waals surface area contributed by atoms with Gasteiger partial charge in [-0.05, 0) is 53.7 Å². The second-order valence-electron chi connectivity index (χ2n) is 7.55. The number of imide groups is 1. The Bertz CT molecular complexity index is 1540. The Morgan fingerprint density at radius 2 is 1.76 bits per heavy atom. The molecule has 1 fully saturated rings. The topological polar surface area (TPSA) is 153 Å². The molecule has 3 amide bonds. The maximum atomic E-state index is 12.7. The Kier molecular flexibility index (Phi) is 7.36. The number of hydrogen-bond acceptors (Lipinski definition) is 9. The number of nitrogens with one attached hydrogen (secondary N) is 1. The van der Waals surface area contributed by atoms with Crippen molar-refractivity contribution in [2.45, 2.75) is 4.90 Å². The first-order valence-corrected chi connectivity index (χ1v) is 12.7. The highest BCUT2D eigenvalue weighted by Crippen LogP contribution is 2.33. The lowest BCUT2D eigenvalue weighted by atomic mass is 10.2. The summed E-state index contributed by atoms with van der Waals surface area (Å²) in [6, 6.07) is 18.7. The molecule has 0 unspecified atom stereocenters. The number of nitro groups is 1. The molecule has 0 spiro atoms.